The number of amides is 1. The van der Waals surface area contributed by atoms with E-state index in [2.05, 4.69) is 5.32 Å². The average Bonchev–Trinajstić information content (AvgIpc) is 2.55. The molecule has 2 aromatic carbocycles. The van der Waals surface area contributed by atoms with E-state index in [0.29, 0.717) is 11.1 Å². The molecule has 8 heteroatoms. The lowest BCUT2D eigenvalue weighted by molar-refractivity contribution is -0.384. The van der Waals surface area contributed by atoms with Gasteiger partial charge in [0.25, 0.3) is 11.6 Å². The SMILES string of the molecule is Cc1ccc([N+](=O)[O-])cc1NC(=O)COC(=O)Cc1cccc(F)c1. The number of esters is 1. The van der Waals surface area contributed by atoms with Crippen molar-refractivity contribution < 1.29 is 23.6 Å². The van der Waals surface area contributed by atoms with Crippen molar-refractivity contribution in [1.82, 2.24) is 0 Å². The lowest BCUT2D eigenvalue weighted by atomic mass is 10.1. The molecular weight excluding hydrogens is 331 g/mol. The maximum atomic E-state index is 13.0. The number of aryl methyl sites for hydroxylation is 1. The third-order valence-electron chi connectivity index (χ3n) is 3.31. The Morgan fingerprint density at radius 3 is 2.68 bits per heavy atom. The molecule has 0 aliphatic rings. The third-order valence-corrected chi connectivity index (χ3v) is 3.31. The Bertz CT molecular complexity index is 822. The van der Waals surface area contributed by atoms with Crippen molar-refractivity contribution in [3.63, 3.8) is 0 Å². The van der Waals surface area contributed by atoms with Crippen LogP contribution in [0.4, 0.5) is 15.8 Å². The van der Waals surface area contributed by atoms with E-state index < -0.39 is 29.2 Å². The highest BCUT2D eigenvalue weighted by atomic mass is 19.1. The van der Waals surface area contributed by atoms with E-state index in [-0.39, 0.29) is 17.8 Å². The fourth-order valence-corrected chi connectivity index (χ4v) is 2.06. The molecule has 2 aromatic rings. The number of carbonyl (C=O) groups is 2. The van der Waals surface area contributed by atoms with E-state index in [4.69, 9.17) is 4.74 Å². The van der Waals surface area contributed by atoms with E-state index in [1.165, 1.54) is 36.4 Å². The highest BCUT2D eigenvalue weighted by molar-refractivity contribution is 5.93. The van der Waals surface area contributed by atoms with Crippen molar-refractivity contribution in [2.75, 3.05) is 11.9 Å². The summed E-state index contributed by atoms with van der Waals surface area (Å²) in [6, 6.07) is 9.54. The Kier molecular flexibility index (Phi) is 5.78. The van der Waals surface area contributed by atoms with Gasteiger partial charge in [-0.2, -0.15) is 0 Å². The first-order chi connectivity index (χ1) is 11.8. The summed E-state index contributed by atoms with van der Waals surface area (Å²) in [5.74, 6) is -1.78. The van der Waals surface area contributed by atoms with E-state index in [0.717, 1.165) is 0 Å². The monoisotopic (exact) mass is 346 g/mol. The second-order valence-electron chi connectivity index (χ2n) is 5.27. The van der Waals surface area contributed by atoms with Gasteiger partial charge in [-0.15, -0.1) is 0 Å². The third kappa shape index (κ3) is 5.38. The van der Waals surface area contributed by atoms with Crippen LogP contribution in [-0.2, 0) is 20.7 Å². The van der Waals surface area contributed by atoms with Crippen molar-refractivity contribution in [3.8, 4) is 0 Å². The van der Waals surface area contributed by atoms with Crippen LogP contribution in [0.1, 0.15) is 11.1 Å². The predicted molar refractivity (Wildman–Crippen MR) is 87.5 cm³/mol. The Morgan fingerprint density at radius 1 is 1.24 bits per heavy atom. The number of ether oxygens (including phenoxy) is 1. The fourth-order valence-electron chi connectivity index (χ4n) is 2.06. The number of nitrogens with zero attached hydrogens (tertiary/aromatic N) is 1. The number of carbonyl (C=O) groups excluding carboxylic acids is 2. The zero-order valence-corrected chi connectivity index (χ0v) is 13.3. The van der Waals surface area contributed by atoms with Gasteiger partial charge < -0.3 is 10.1 Å². The fraction of sp³-hybridized carbons (Fsp3) is 0.176. The quantitative estimate of drug-likeness (QED) is 0.493. The number of hydrogen-bond acceptors (Lipinski definition) is 5. The summed E-state index contributed by atoms with van der Waals surface area (Å²) >= 11 is 0. The highest BCUT2D eigenvalue weighted by Gasteiger charge is 2.13. The average molecular weight is 346 g/mol. The molecule has 0 aliphatic carbocycles. The van der Waals surface area contributed by atoms with E-state index in [1.807, 2.05) is 0 Å². The first kappa shape index (κ1) is 18.1. The maximum absolute atomic E-state index is 13.0. The lowest BCUT2D eigenvalue weighted by Gasteiger charge is -2.09. The number of halogens is 1. The number of anilines is 1. The number of hydrogen-bond donors (Lipinski definition) is 1. The lowest BCUT2D eigenvalue weighted by Crippen LogP contribution is -2.22. The van der Waals surface area contributed by atoms with Crippen LogP contribution in [0.15, 0.2) is 42.5 Å². The molecule has 0 aromatic heterocycles. The van der Waals surface area contributed by atoms with Gasteiger partial charge in [0.05, 0.1) is 17.0 Å². The standard InChI is InChI=1S/C17H15FN2O5/c1-11-5-6-14(20(23)24)9-15(11)19-16(21)10-25-17(22)8-12-3-2-4-13(18)7-12/h2-7,9H,8,10H2,1H3,(H,19,21). The molecule has 130 valence electrons. The molecule has 0 fully saturated rings. The molecule has 0 radical (unpaired) electrons. The van der Waals surface area contributed by atoms with Crippen molar-refractivity contribution in [2.24, 2.45) is 0 Å². The summed E-state index contributed by atoms with van der Waals surface area (Å²) in [6.07, 6.45) is -0.166. The van der Waals surface area contributed by atoms with Gasteiger partial charge in [0.15, 0.2) is 6.61 Å². The maximum Gasteiger partial charge on any atom is 0.310 e. The van der Waals surface area contributed by atoms with Gasteiger partial charge in [-0.3, -0.25) is 19.7 Å². The van der Waals surface area contributed by atoms with Crippen LogP contribution in [0.3, 0.4) is 0 Å². The number of rotatable bonds is 6. The Morgan fingerprint density at radius 2 is 2.00 bits per heavy atom. The van der Waals surface area contributed by atoms with Crippen molar-refractivity contribution >= 4 is 23.3 Å². The van der Waals surface area contributed by atoms with Crippen molar-refractivity contribution in [2.45, 2.75) is 13.3 Å². The highest BCUT2D eigenvalue weighted by Crippen LogP contribution is 2.21. The van der Waals surface area contributed by atoms with E-state index in [9.17, 15) is 24.1 Å². The first-order valence-corrected chi connectivity index (χ1v) is 7.30. The second kappa shape index (κ2) is 8.00. The minimum Gasteiger partial charge on any atom is -0.455 e. The van der Waals surface area contributed by atoms with Gasteiger partial charge in [0.2, 0.25) is 0 Å². The van der Waals surface area contributed by atoms with Crippen LogP contribution in [0, 0.1) is 22.9 Å². The molecule has 1 N–H and O–H groups in total. The van der Waals surface area contributed by atoms with Crippen LogP contribution < -0.4 is 5.32 Å². The van der Waals surface area contributed by atoms with Gasteiger partial charge in [-0.25, -0.2) is 4.39 Å². The molecule has 0 saturated heterocycles. The number of nitro groups is 1. The van der Waals surface area contributed by atoms with E-state index in [1.54, 1.807) is 13.0 Å². The summed E-state index contributed by atoms with van der Waals surface area (Å²) in [5.41, 5.74) is 1.16. The smallest absolute Gasteiger partial charge is 0.310 e. The summed E-state index contributed by atoms with van der Waals surface area (Å²) in [7, 11) is 0. The van der Waals surface area contributed by atoms with Gasteiger partial charge in [0, 0.05) is 12.1 Å². The largest absolute Gasteiger partial charge is 0.455 e. The minimum absolute atomic E-state index is 0.163. The Labute approximate surface area is 142 Å². The Hall–Kier alpha value is -3.29. The summed E-state index contributed by atoms with van der Waals surface area (Å²) in [6.45, 7) is 1.13. The summed E-state index contributed by atoms with van der Waals surface area (Å²) < 4.78 is 17.9. The van der Waals surface area contributed by atoms with Crippen LogP contribution >= 0.6 is 0 Å². The number of benzene rings is 2. The van der Waals surface area contributed by atoms with Gasteiger partial charge in [-0.1, -0.05) is 18.2 Å². The van der Waals surface area contributed by atoms with Crippen LogP contribution in [-0.4, -0.2) is 23.4 Å². The molecule has 0 saturated carbocycles. The minimum atomic E-state index is -0.684. The van der Waals surface area contributed by atoms with Crippen LogP contribution in [0.5, 0.6) is 0 Å². The molecule has 0 atom stereocenters. The molecule has 0 unspecified atom stereocenters. The zero-order chi connectivity index (χ0) is 18.4. The molecular formula is C17H15FN2O5. The molecule has 1 amide bonds. The zero-order valence-electron chi connectivity index (χ0n) is 13.3. The molecule has 0 heterocycles. The first-order valence-electron chi connectivity index (χ1n) is 7.30. The number of nitrogens with one attached hydrogen (secondary N) is 1. The van der Waals surface area contributed by atoms with Gasteiger partial charge in [-0.05, 0) is 30.2 Å². The summed E-state index contributed by atoms with van der Waals surface area (Å²) in [5, 5.41) is 13.2. The normalized spacial score (nSPS) is 10.2. The second-order valence-corrected chi connectivity index (χ2v) is 5.27. The predicted octanol–water partition coefficient (Wildman–Crippen LogP) is 2.77. The topological polar surface area (TPSA) is 98.5 Å². The Balaban J connectivity index is 1.89. The van der Waals surface area contributed by atoms with E-state index >= 15 is 0 Å². The van der Waals surface area contributed by atoms with Crippen LogP contribution in [0.2, 0.25) is 0 Å². The molecule has 2 rings (SSSR count). The summed E-state index contributed by atoms with van der Waals surface area (Å²) in [4.78, 5) is 33.7. The van der Waals surface area contributed by atoms with Crippen molar-refractivity contribution in [3.05, 3.63) is 69.5 Å². The molecule has 0 spiro atoms. The van der Waals surface area contributed by atoms with Crippen molar-refractivity contribution in [1.29, 1.82) is 0 Å². The molecule has 0 aliphatic heterocycles. The molecule has 0 bridgehead atoms. The molecule has 7 nitrogen and oxygen atoms in total. The number of non-ortho nitro benzene ring substituents is 1. The number of nitro benzene ring substituents is 1. The molecule has 25 heavy (non-hydrogen) atoms. The van der Waals surface area contributed by atoms with Gasteiger partial charge >= 0.3 is 5.97 Å². The van der Waals surface area contributed by atoms with Gasteiger partial charge in [0.1, 0.15) is 5.82 Å². The van der Waals surface area contributed by atoms with Crippen LogP contribution in [0.25, 0.3) is 0 Å².